The normalized spacial score (nSPS) is 10.7. The fraction of sp³-hybridized carbons (Fsp3) is 0.227. The molecule has 0 aliphatic heterocycles. The minimum atomic E-state index is 0.584. The summed E-state index contributed by atoms with van der Waals surface area (Å²) in [5, 5.41) is 2.42. The van der Waals surface area contributed by atoms with Crippen LogP contribution in [0.4, 0.5) is 0 Å². The number of benzene rings is 3. The van der Waals surface area contributed by atoms with E-state index in [0.29, 0.717) is 13.0 Å². The minimum absolute atomic E-state index is 0.584. The van der Waals surface area contributed by atoms with Gasteiger partial charge in [0, 0.05) is 6.42 Å². The minimum Gasteiger partial charge on any atom is -0.489 e. The van der Waals surface area contributed by atoms with Crippen LogP contribution in [0.5, 0.6) is 5.75 Å². The van der Waals surface area contributed by atoms with Crippen LogP contribution in [0.25, 0.3) is 10.8 Å². The Hall–Kier alpha value is -2.61. The maximum Gasteiger partial charge on any atom is 0.120 e. The van der Waals surface area contributed by atoms with Crippen molar-refractivity contribution in [3.8, 4) is 5.75 Å². The third kappa shape index (κ3) is 4.45. The van der Waals surface area contributed by atoms with Gasteiger partial charge in [0.15, 0.2) is 0 Å². The van der Waals surface area contributed by atoms with Gasteiger partial charge in [0.1, 0.15) is 18.6 Å². The third-order valence-corrected chi connectivity index (χ3v) is 4.16. The number of hydrogen-bond donors (Lipinski definition) is 0. The molecule has 0 radical (unpaired) electrons. The van der Waals surface area contributed by atoms with Crippen molar-refractivity contribution < 1.29 is 9.53 Å². The van der Waals surface area contributed by atoms with Crippen molar-refractivity contribution in [2.24, 2.45) is 0 Å². The molecule has 0 heterocycles. The molecule has 0 saturated carbocycles. The summed E-state index contributed by atoms with van der Waals surface area (Å²) >= 11 is 0. The molecule has 0 aliphatic carbocycles. The highest BCUT2D eigenvalue weighted by Gasteiger charge is 2.01. The first-order chi connectivity index (χ1) is 11.8. The van der Waals surface area contributed by atoms with Gasteiger partial charge >= 0.3 is 0 Å². The van der Waals surface area contributed by atoms with Gasteiger partial charge in [-0.1, -0.05) is 54.6 Å². The Morgan fingerprint density at radius 2 is 1.58 bits per heavy atom. The van der Waals surface area contributed by atoms with Gasteiger partial charge in [-0.2, -0.15) is 0 Å². The van der Waals surface area contributed by atoms with Crippen LogP contribution in [-0.2, 0) is 17.8 Å². The predicted molar refractivity (Wildman–Crippen MR) is 98.3 cm³/mol. The summed E-state index contributed by atoms with van der Waals surface area (Å²) in [6, 6.07) is 23.0. The van der Waals surface area contributed by atoms with E-state index in [1.54, 1.807) is 0 Å². The molecule has 122 valence electrons. The molecule has 0 amide bonds. The average molecular weight is 318 g/mol. The number of hydrogen-bond acceptors (Lipinski definition) is 2. The van der Waals surface area contributed by atoms with Crippen molar-refractivity contribution in [3.05, 3.63) is 77.9 Å². The van der Waals surface area contributed by atoms with E-state index < -0.39 is 0 Å². The molecule has 0 atom stereocenters. The number of unbranched alkanes of at least 4 members (excludes halogenated alkanes) is 2. The average Bonchev–Trinajstić information content (AvgIpc) is 2.64. The van der Waals surface area contributed by atoms with Crippen molar-refractivity contribution in [1.82, 2.24) is 0 Å². The van der Waals surface area contributed by atoms with Gasteiger partial charge in [0.05, 0.1) is 0 Å². The van der Waals surface area contributed by atoms with Crippen LogP contribution in [-0.4, -0.2) is 6.29 Å². The Kier molecular flexibility index (Phi) is 5.62. The van der Waals surface area contributed by atoms with E-state index in [0.717, 1.165) is 31.3 Å². The van der Waals surface area contributed by atoms with Crippen LogP contribution in [0.3, 0.4) is 0 Å². The van der Waals surface area contributed by atoms with Gasteiger partial charge in [-0.15, -0.1) is 0 Å². The van der Waals surface area contributed by atoms with Crippen LogP contribution in [0.15, 0.2) is 66.7 Å². The fourth-order valence-corrected chi connectivity index (χ4v) is 2.82. The lowest BCUT2D eigenvalue weighted by molar-refractivity contribution is -0.107. The summed E-state index contributed by atoms with van der Waals surface area (Å²) in [4.78, 5) is 10.4. The molecule has 3 rings (SSSR count). The van der Waals surface area contributed by atoms with Crippen molar-refractivity contribution >= 4 is 17.1 Å². The second-order valence-corrected chi connectivity index (χ2v) is 6.03. The van der Waals surface area contributed by atoms with E-state index in [9.17, 15) is 4.79 Å². The fourth-order valence-electron chi connectivity index (χ4n) is 2.82. The molecule has 0 aliphatic rings. The van der Waals surface area contributed by atoms with Crippen molar-refractivity contribution in [3.63, 3.8) is 0 Å². The first-order valence-electron chi connectivity index (χ1n) is 8.48. The molecule has 24 heavy (non-hydrogen) atoms. The van der Waals surface area contributed by atoms with E-state index in [2.05, 4.69) is 42.5 Å². The van der Waals surface area contributed by atoms with Gasteiger partial charge in [0.2, 0.25) is 0 Å². The molecule has 0 spiro atoms. The molecule has 0 N–H and O–H groups in total. The molecular formula is C22H22O2. The SMILES string of the molecule is O=CCCCCc1ccc2cc(OCc3ccccc3)ccc2c1. The molecule has 0 unspecified atom stereocenters. The number of carbonyl (C=O) groups excluding carboxylic acids is 1. The first kappa shape index (κ1) is 16.3. The van der Waals surface area contributed by atoms with Gasteiger partial charge in [-0.25, -0.2) is 0 Å². The number of aryl methyl sites for hydroxylation is 1. The molecule has 0 fully saturated rings. The lowest BCUT2D eigenvalue weighted by atomic mass is 10.0. The van der Waals surface area contributed by atoms with E-state index in [-0.39, 0.29) is 0 Å². The zero-order chi connectivity index (χ0) is 16.6. The van der Waals surface area contributed by atoms with Crippen LogP contribution < -0.4 is 4.74 Å². The summed E-state index contributed by atoms with van der Waals surface area (Å²) in [7, 11) is 0. The van der Waals surface area contributed by atoms with Gasteiger partial charge in [-0.05, 0) is 53.3 Å². The Bertz CT molecular complexity index is 793. The molecule has 0 bridgehead atoms. The molecule has 3 aromatic carbocycles. The molecule has 2 heteroatoms. The second-order valence-electron chi connectivity index (χ2n) is 6.03. The Morgan fingerprint density at radius 3 is 2.42 bits per heavy atom. The molecule has 0 aromatic heterocycles. The van der Waals surface area contributed by atoms with Gasteiger partial charge < -0.3 is 9.53 Å². The summed E-state index contributed by atoms with van der Waals surface area (Å²) in [6.07, 6.45) is 4.71. The highest BCUT2D eigenvalue weighted by atomic mass is 16.5. The highest BCUT2D eigenvalue weighted by Crippen LogP contribution is 2.23. The van der Waals surface area contributed by atoms with Crippen molar-refractivity contribution in [2.75, 3.05) is 0 Å². The number of ether oxygens (including phenoxy) is 1. The molecule has 0 saturated heterocycles. The molecular weight excluding hydrogens is 296 g/mol. The third-order valence-electron chi connectivity index (χ3n) is 4.16. The van der Waals surface area contributed by atoms with Gasteiger partial charge in [0.25, 0.3) is 0 Å². The summed E-state index contributed by atoms with van der Waals surface area (Å²) in [5.41, 5.74) is 2.50. The monoisotopic (exact) mass is 318 g/mol. The summed E-state index contributed by atoms with van der Waals surface area (Å²) in [6.45, 7) is 0.584. The number of carbonyl (C=O) groups is 1. The highest BCUT2D eigenvalue weighted by molar-refractivity contribution is 5.84. The molecule has 2 nitrogen and oxygen atoms in total. The van der Waals surface area contributed by atoms with Crippen molar-refractivity contribution in [2.45, 2.75) is 32.3 Å². The van der Waals surface area contributed by atoms with Crippen LogP contribution >= 0.6 is 0 Å². The zero-order valence-corrected chi connectivity index (χ0v) is 13.8. The second kappa shape index (κ2) is 8.30. The lowest BCUT2D eigenvalue weighted by Gasteiger charge is -2.08. The van der Waals surface area contributed by atoms with Crippen LogP contribution in [0, 0.1) is 0 Å². The van der Waals surface area contributed by atoms with E-state index in [1.165, 1.54) is 21.9 Å². The van der Waals surface area contributed by atoms with Crippen molar-refractivity contribution in [1.29, 1.82) is 0 Å². The number of aldehydes is 1. The predicted octanol–water partition coefficient (Wildman–Crippen LogP) is 5.33. The number of rotatable bonds is 8. The topological polar surface area (TPSA) is 26.3 Å². The van der Waals surface area contributed by atoms with Gasteiger partial charge in [-0.3, -0.25) is 0 Å². The summed E-state index contributed by atoms with van der Waals surface area (Å²) in [5.74, 6) is 0.894. The standard InChI is InChI=1S/C22H22O2/c23-14-6-2-5-7-18-10-11-21-16-22(13-12-20(21)15-18)24-17-19-8-3-1-4-9-19/h1,3-4,8-16H,2,5-7,17H2. The smallest absolute Gasteiger partial charge is 0.120 e. The van der Waals surface area contributed by atoms with Crippen LogP contribution in [0.1, 0.15) is 30.4 Å². The Labute approximate surface area is 143 Å². The zero-order valence-electron chi connectivity index (χ0n) is 13.8. The van der Waals surface area contributed by atoms with E-state index in [4.69, 9.17) is 4.74 Å². The molecule has 3 aromatic rings. The Balaban J connectivity index is 1.64. The van der Waals surface area contributed by atoms with E-state index in [1.807, 2.05) is 24.3 Å². The summed E-state index contributed by atoms with van der Waals surface area (Å²) < 4.78 is 5.89. The van der Waals surface area contributed by atoms with E-state index >= 15 is 0 Å². The lowest BCUT2D eigenvalue weighted by Crippen LogP contribution is -1.95. The number of fused-ring (bicyclic) bond motifs is 1. The quantitative estimate of drug-likeness (QED) is 0.414. The maximum atomic E-state index is 10.4. The Morgan fingerprint density at radius 1 is 0.792 bits per heavy atom. The first-order valence-corrected chi connectivity index (χ1v) is 8.48. The maximum absolute atomic E-state index is 10.4. The largest absolute Gasteiger partial charge is 0.489 e. The van der Waals surface area contributed by atoms with Crippen LogP contribution in [0.2, 0.25) is 0 Å².